The molecule has 170 valence electrons. The van der Waals surface area contributed by atoms with Crippen LogP contribution in [0.1, 0.15) is 0 Å². The molecule has 0 bridgehead atoms. The molecule has 0 unspecified atom stereocenters. The van der Waals surface area contributed by atoms with Crippen LogP contribution in [0.15, 0.2) is 97.1 Å². The van der Waals surface area contributed by atoms with E-state index < -0.39 is 29.4 Å². The third-order valence-corrected chi connectivity index (χ3v) is 65.2. The van der Waals surface area contributed by atoms with Crippen molar-refractivity contribution < 1.29 is 0 Å². The minimum atomic E-state index is -2.19. The van der Waals surface area contributed by atoms with E-state index in [-0.39, 0.29) is 0 Å². The van der Waals surface area contributed by atoms with E-state index in [0.29, 0.717) is 0 Å². The minimum absolute atomic E-state index is 1.54. The van der Waals surface area contributed by atoms with Crippen molar-refractivity contribution in [3.05, 3.63) is 97.1 Å². The first-order chi connectivity index (χ1) is 16.2. The Bertz CT molecular complexity index is 1240. The van der Waals surface area contributed by atoms with Gasteiger partial charge in [-0.2, -0.15) is 0 Å². The van der Waals surface area contributed by atoms with E-state index in [1.165, 1.54) is 0 Å². The van der Waals surface area contributed by atoms with Crippen molar-refractivity contribution >= 4 is 50.1 Å². The average molecular weight is 507 g/mol. The molecule has 0 saturated heterocycles. The summed E-state index contributed by atoms with van der Waals surface area (Å²) in [5, 5.41) is 7.04. The maximum Gasteiger partial charge on any atom is 0.113 e. The van der Waals surface area contributed by atoms with Gasteiger partial charge in [-0.1, -0.05) is 157 Å². The summed E-state index contributed by atoms with van der Waals surface area (Å²) in [6.07, 6.45) is 0. The van der Waals surface area contributed by atoms with Gasteiger partial charge in [-0.25, -0.2) is 0 Å². The molecule has 34 heavy (non-hydrogen) atoms. The Hall–Kier alpha value is -2.25. The van der Waals surface area contributed by atoms with Crippen LogP contribution >= 0.6 is 0 Å². The Morgan fingerprint density at radius 1 is 0.353 bits per heavy atom. The molecule has 6 rings (SSSR count). The Kier molecular flexibility index (Phi) is 4.67. The smallest absolute Gasteiger partial charge is 0.0710 e. The first-order valence-corrected chi connectivity index (χ1v) is 26.6. The second-order valence-electron chi connectivity index (χ2n) is 12.2. The third kappa shape index (κ3) is 2.42. The third-order valence-electron chi connectivity index (χ3n) is 8.72. The lowest BCUT2D eigenvalue weighted by atomic mass is 10.1. The number of hydrogen-bond donors (Lipinski definition) is 0. The molecule has 2 aliphatic rings. The van der Waals surface area contributed by atoms with Crippen LogP contribution in [-0.4, -0.2) is 29.4 Å². The van der Waals surface area contributed by atoms with Gasteiger partial charge in [-0.05, 0) is 22.3 Å². The second kappa shape index (κ2) is 7.14. The van der Waals surface area contributed by atoms with Crippen molar-refractivity contribution in [1.82, 2.24) is 0 Å². The largest absolute Gasteiger partial charge is 0.113 e. The van der Waals surface area contributed by atoms with Gasteiger partial charge in [0.1, 0.15) is 14.2 Å². The van der Waals surface area contributed by atoms with Crippen molar-refractivity contribution in [1.29, 1.82) is 0 Å². The first kappa shape index (κ1) is 22.2. The van der Waals surface area contributed by atoms with Crippen LogP contribution < -0.4 is 20.7 Å². The fraction of sp³-hybridized carbons (Fsp3) is 0.200. The summed E-state index contributed by atoms with van der Waals surface area (Å²) in [6, 6.07) is 38.4. The Morgan fingerprint density at radius 3 is 0.765 bits per heavy atom. The molecule has 0 aromatic heterocycles. The summed E-state index contributed by atoms with van der Waals surface area (Å²) in [5.74, 6) is 0. The maximum atomic E-state index is 2.72. The van der Waals surface area contributed by atoms with E-state index in [0.717, 1.165) is 0 Å². The van der Waals surface area contributed by atoms with Gasteiger partial charge in [0.2, 0.25) is 0 Å². The molecule has 0 saturated carbocycles. The van der Waals surface area contributed by atoms with Gasteiger partial charge in [-0.15, -0.1) is 0 Å². The number of benzene rings is 4. The van der Waals surface area contributed by atoms with Gasteiger partial charge >= 0.3 is 0 Å². The summed E-state index contributed by atoms with van der Waals surface area (Å²) in [6.45, 7) is 16.3. The van der Waals surface area contributed by atoms with Crippen LogP contribution in [0.2, 0.25) is 39.3 Å². The second-order valence-corrected chi connectivity index (χ2v) is 47.3. The lowest BCUT2D eigenvalue weighted by Gasteiger charge is -2.58. The van der Waals surface area contributed by atoms with Crippen LogP contribution in [0, 0.1) is 0 Å². The van der Waals surface area contributed by atoms with E-state index in [1.807, 2.05) is 0 Å². The zero-order valence-corrected chi connectivity index (χ0v) is 25.2. The molecule has 0 radical (unpaired) electrons. The molecule has 2 aliphatic heterocycles. The van der Waals surface area contributed by atoms with Gasteiger partial charge in [0, 0.05) is 15.2 Å². The molecule has 4 aromatic rings. The Balaban J connectivity index is 1.94. The van der Waals surface area contributed by atoms with Crippen LogP contribution in [-0.2, 0) is 0 Å². The molecular weight excluding hydrogens is 473 g/mol. The van der Waals surface area contributed by atoms with Gasteiger partial charge in [0.05, 0.1) is 0 Å². The number of rotatable bonds is 3. The van der Waals surface area contributed by atoms with Crippen LogP contribution in [0.25, 0.3) is 22.3 Å². The van der Waals surface area contributed by atoms with Gasteiger partial charge < -0.3 is 0 Å². The highest BCUT2D eigenvalue weighted by molar-refractivity contribution is 7.95. The normalized spacial score (nSPS) is 17.0. The van der Waals surface area contributed by atoms with Gasteiger partial charge in [0.25, 0.3) is 0 Å². The fourth-order valence-corrected chi connectivity index (χ4v) is 91.4. The molecule has 0 nitrogen and oxygen atoms in total. The molecule has 4 heteroatoms. The highest BCUT2D eigenvalue weighted by atomic mass is 29.8. The molecule has 4 aromatic carbocycles. The highest BCUT2D eigenvalue weighted by Crippen LogP contribution is 2.45. The predicted octanol–water partition coefficient (Wildman–Crippen LogP) is 5.39. The van der Waals surface area contributed by atoms with E-state index in [4.69, 9.17) is 0 Å². The summed E-state index contributed by atoms with van der Waals surface area (Å²) in [7, 11) is -7.83. The van der Waals surface area contributed by atoms with Gasteiger partial charge in [-0.3, -0.25) is 0 Å². The summed E-state index contributed by atoms with van der Waals surface area (Å²) < 4.78 is 0. The molecule has 0 amide bonds. The van der Waals surface area contributed by atoms with Crippen molar-refractivity contribution in [2.45, 2.75) is 39.3 Å². The Labute approximate surface area is 208 Å². The average Bonchev–Trinajstić information content (AvgIpc) is 3.28. The van der Waals surface area contributed by atoms with Crippen molar-refractivity contribution in [3.8, 4) is 22.3 Å². The minimum Gasteiger partial charge on any atom is -0.0710 e. The Morgan fingerprint density at radius 2 is 0.559 bits per heavy atom. The molecule has 0 fully saturated rings. The zero-order chi connectivity index (χ0) is 23.9. The topological polar surface area (TPSA) is 0 Å². The van der Waals surface area contributed by atoms with Crippen LogP contribution in [0.3, 0.4) is 0 Å². The monoisotopic (exact) mass is 506 g/mol. The predicted molar refractivity (Wildman–Crippen MR) is 160 cm³/mol. The molecular formula is C30H34Si4. The standard InChI is InChI=1S/C30H34Si4/c1-31(2,3)33(27-19-11-7-15-23(27)24-16-8-12-20-28(24)33)34(32(4,5)6)29-21-13-9-17-25(29)26-18-10-14-22-30(26)34/h7-22H,1-6H3. The summed E-state index contributed by atoms with van der Waals surface area (Å²) in [5.41, 5.74) is 6.16. The lowest BCUT2D eigenvalue weighted by molar-refractivity contribution is 1.71. The van der Waals surface area contributed by atoms with Crippen molar-refractivity contribution in [3.63, 3.8) is 0 Å². The number of hydrogen-bond acceptors (Lipinski definition) is 0. The van der Waals surface area contributed by atoms with E-state index in [2.05, 4.69) is 136 Å². The van der Waals surface area contributed by atoms with E-state index in [9.17, 15) is 0 Å². The number of fused-ring (bicyclic) bond motifs is 6. The molecule has 0 spiro atoms. The first-order valence-electron chi connectivity index (χ1n) is 12.6. The highest BCUT2D eigenvalue weighted by Gasteiger charge is 2.73. The molecule has 0 aliphatic carbocycles. The maximum absolute atomic E-state index is 2.72. The SMILES string of the molecule is C[Si](C)(C)[Si]1([Si]2([Si](C)(C)C)c3ccccc3-c3ccccc32)c2ccccc2-c2ccccc21. The van der Waals surface area contributed by atoms with E-state index in [1.54, 1.807) is 43.0 Å². The molecule has 0 N–H and O–H groups in total. The quantitative estimate of drug-likeness (QED) is 0.327. The van der Waals surface area contributed by atoms with Crippen LogP contribution in [0.4, 0.5) is 0 Å². The fourth-order valence-electron chi connectivity index (χ4n) is 8.02. The van der Waals surface area contributed by atoms with E-state index >= 15 is 0 Å². The van der Waals surface area contributed by atoms with Gasteiger partial charge in [0.15, 0.2) is 0 Å². The van der Waals surface area contributed by atoms with Crippen molar-refractivity contribution in [2.24, 2.45) is 0 Å². The molecule has 2 heterocycles. The lowest BCUT2D eigenvalue weighted by Crippen LogP contribution is -2.97. The summed E-state index contributed by atoms with van der Waals surface area (Å²) in [4.78, 5) is 0. The van der Waals surface area contributed by atoms with Crippen LogP contribution in [0.5, 0.6) is 0 Å². The molecule has 0 atom stereocenters. The van der Waals surface area contributed by atoms with Crippen molar-refractivity contribution in [2.75, 3.05) is 0 Å². The summed E-state index contributed by atoms with van der Waals surface area (Å²) >= 11 is 0. The zero-order valence-electron chi connectivity index (χ0n) is 21.2.